The van der Waals surface area contributed by atoms with E-state index in [-0.39, 0.29) is 0 Å². The van der Waals surface area contributed by atoms with Gasteiger partial charge in [-0.05, 0) is 20.8 Å². The molecule has 86 valence electrons. The Morgan fingerprint density at radius 1 is 1.38 bits per heavy atom. The molecule has 0 aliphatic rings. The van der Waals surface area contributed by atoms with Crippen LogP contribution in [-0.2, 0) is 7.05 Å². The van der Waals surface area contributed by atoms with Crippen LogP contribution in [0, 0.1) is 6.92 Å². The van der Waals surface area contributed by atoms with Gasteiger partial charge < -0.3 is 14.9 Å². The second-order valence-corrected chi connectivity index (χ2v) is 4.23. The van der Waals surface area contributed by atoms with Gasteiger partial charge in [-0.2, -0.15) is 0 Å². The zero-order valence-electron chi connectivity index (χ0n) is 10.1. The summed E-state index contributed by atoms with van der Waals surface area (Å²) in [5.74, 6) is 1.59. The molecule has 0 atom stereocenters. The first kappa shape index (κ1) is 10.7. The maximum Gasteiger partial charge on any atom is 0.133 e. The summed E-state index contributed by atoms with van der Waals surface area (Å²) < 4.78 is 3.95. The standard InChI is InChI=1S/C11H17N5/c1-7(2)16-6-13-5-9(16)10-11(12)15(4)8(3)14-10/h5-7H,12H2,1-4H3. The molecular formula is C11H17N5. The molecule has 5 nitrogen and oxygen atoms in total. The van der Waals surface area contributed by atoms with Gasteiger partial charge in [0, 0.05) is 13.1 Å². The van der Waals surface area contributed by atoms with E-state index in [2.05, 4.69) is 28.4 Å². The first-order chi connectivity index (χ1) is 7.52. The summed E-state index contributed by atoms with van der Waals surface area (Å²) in [5.41, 5.74) is 7.80. The Labute approximate surface area is 94.9 Å². The van der Waals surface area contributed by atoms with Crippen LogP contribution in [0.1, 0.15) is 25.7 Å². The Bertz CT molecular complexity index is 506. The molecule has 2 rings (SSSR count). The monoisotopic (exact) mass is 219 g/mol. The van der Waals surface area contributed by atoms with Crippen molar-refractivity contribution in [2.75, 3.05) is 5.73 Å². The van der Waals surface area contributed by atoms with E-state index < -0.39 is 0 Å². The van der Waals surface area contributed by atoms with Crippen LogP contribution in [0.5, 0.6) is 0 Å². The molecule has 0 saturated carbocycles. The Morgan fingerprint density at radius 2 is 2.06 bits per heavy atom. The van der Waals surface area contributed by atoms with Crippen molar-refractivity contribution < 1.29 is 0 Å². The van der Waals surface area contributed by atoms with Crippen molar-refractivity contribution in [3.05, 3.63) is 18.3 Å². The molecule has 5 heteroatoms. The Morgan fingerprint density at radius 3 is 2.56 bits per heavy atom. The van der Waals surface area contributed by atoms with E-state index in [1.807, 2.05) is 24.9 Å². The lowest BCUT2D eigenvalue weighted by atomic mass is 10.3. The number of nitrogen functional groups attached to an aromatic ring is 1. The smallest absolute Gasteiger partial charge is 0.133 e. The van der Waals surface area contributed by atoms with Gasteiger partial charge in [0.1, 0.15) is 17.3 Å². The molecule has 0 radical (unpaired) electrons. The maximum absolute atomic E-state index is 6.02. The highest BCUT2D eigenvalue weighted by molar-refractivity contribution is 5.67. The van der Waals surface area contributed by atoms with Crippen molar-refractivity contribution in [2.45, 2.75) is 26.8 Å². The highest BCUT2D eigenvalue weighted by Crippen LogP contribution is 2.26. The van der Waals surface area contributed by atoms with Crippen molar-refractivity contribution >= 4 is 5.82 Å². The van der Waals surface area contributed by atoms with Crippen LogP contribution in [0.25, 0.3) is 11.4 Å². The normalized spacial score (nSPS) is 11.3. The lowest BCUT2D eigenvalue weighted by Crippen LogP contribution is -2.03. The van der Waals surface area contributed by atoms with E-state index in [0.717, 1.165) is 17.2 Å². The van der Waals surface area contributed by atoms with Gasteiger partial charge in [-0.3, -0.25) is 0 Å². The molecule has 0 amide bonds. The van der Waals surface area contributed by atoms with Gasteiger partial charge in [0.2, 0.25) is 0 Å². The minimum atomic E-state index is 0.346. The summed E-state index contributed by atoms with van der Waals surface area (Å²) in [4.78, 5) is 8.63. The van der Waals surface area contributed by atoms with Gasteiger partial charge >= 0.3 is 0 Å². The topological polar surface area (TPSA) is 61.7 Å². The van der Waals surface area contributed by atoms with Crippen LogP contribution in [0.2, 0.25) is 0 Å². The van der Waals surface area contributed by atoms with Crippen LogP contribution < -0.4 is 5.73 Å². The van der Waals surface area contributed by atoms with E-state index in [4.69, 9.17) is 5.73 Å². The summed E-state index contributed by atoms with van der Waals surface area (Å²) >= 11 is 0. The minimum absolute atomic E-state index is 0.346. The van der Waals surface area contributed by atoms with Crippen LogP contribution in [0.15, 0.2) is 12.5 Å². The predicted molar refractivity (Wildman–Crippen MR) is 64.0 cm³/mol. The average Bonchev–Trinajstić information content (AvgIpc) is 2.79. The number of nitrogens with zero attached hydrogens (tertiary/aromatic N) is 4. The summed E-state index contributed by atoms with van der Waals surface area (Å²) in [5, 5.41) is 0. The fourth-order valence-corrected chi connectivity index (χ4v) is 1.72. The Kier molecular flexibility index (Phi) is 2.46. The molecule has 2 aromatic rings. The van der Waals surface area contributed by atoms with Crippen LogP contribution in [0.3, 0.4) is 0 Å². The molecule has 0 aromatic carbocycles. The summed E-state index contributed by atoms with van der Waals surface area (Å²) in [6.45, 7) is 6.16. The first-order valence-corrected chi connectivity index (χ1v) is 5.33. The SMILES string of the molecule is Cc1nc(-c2cncn2C(C)C)c(N)n1C. The fourth-order valence-electron chi connectivity index (χ4n) is 1.72. The third-order valence-electron chi connectivity index (χ3n) is 2.83. The van der Waals surface area contributed by atoms with Crippen molar-refractivity contribution in [3.8, 4) is 11.4 Å². The summed E-state index contributed by atoms with van der Waals surface area (Å²) in [7, 11) is 1.91. The highest BCUT2D eigenvalue weighted by atomic mass is 15.1. The molecule has 0 spiro atoms. The van der Waals surface area contributed by atoms with Gasteiger partial charge in [-0.15, -0.1) is 0 Å². The Balaban J connectivity index is 2.59. The molecule has 0 bridgehead atoms. The molecule has 0 fully saturated rings. The van der Waals surface area contributed by atoms with Crippen molar-refractivity contribution in [1.29, 1.82) is 0 Å². The number of aryl methyl sites for hydroxylation is 1. The molecule has 2 heterocycles. The third kappa shape index (κ3) is 1.48. The maximum atomic E-state index is 6.02. The first-order valence-electron chi connectivity index (χ1n) is 5.33. The molecule has 0 aliphatic carbocycles. The fraction of sp³-hybridized carbons (Fsp3) is 0.455. The highest BCUT2D eigenvalue weighted by Gasteiger charge is 2.16. The molecule has 2 N–H and O–H groups in total. The van der Waals surface area contributed by atoms with Gasteiger partial charge in [-0.1, -0.05) is 0 Å². The Hall–Kier alpha value is -1.78. The number of imidazole rings is 2. The molecule has 0 unspecified atom stereocenters. The predicted octanol–water partition coefficient (Wildman–Crippen LogP) is 1.76. The van der Waals surface area contributed by atoms with Gasteiger partial charge in [-0.25, -0.2) is 9.97 Å². The van der Waals surface area contributed by atoms with Gasteiger partial charge in [0.25, 0.3) is 0 Å². The van der Waals surface area contributed by atoms with Gasteiger partial charge in [0.05, 0.1) is 18.2 Å². The zero-order valence-corrected chi connectivity index (χ0v) is 10.1. The van der Waals surface area contributed by atoms with Crippen LogP contribution >= 0.6 is 0 Å². The van der Waals surface area contributed by atoms with Crippen molar-refractivity contribution in [1.82, 2.24) is 19.1 Å². The number of hydrogen-bond acceptors (Lipinski definition) is 3. The zero-order chi connectivity index (χ0) is 11.9. The molecule has 2 aromatic heterocycles. The molecule has 0 saturated heterocycles. The van der Waals surface area contributed by atoms with E-state index in [1.165, 1.54) is 0 Å². The molecule has 16 heavy (non-hydrogen) atoms. The van der Waals surface area contributed by atoms with E-state index >= 15 is 0 Å². The van der Waals surface area contributed by atoms with Crippen LogP contribution in [-0.4, -0.2) is 19.1 Å². The minimum Gasteiger partial charge on any atom is -0.383 e. The largest absolute Gasteiger partial charge is 0.383 e. The number of anilines is 1. The second kappa shape index (κ2) is 3.66. The number of rotatable bonds is 2. The number of hydrogen-bond donors (Lipinski definition) is 1. The van der Waals surface area contributed by atoms with E-state index in [1.54, 1.807) is 6.20 Å². The van der Waals surface area contributed by atoms with E-state index in [9.17, 15) is 0 Å². The second-order valence-electron chi connectivity index (χ2n) is 4.23. The molecule has 0 aliphatic heterocycles. The lowest BCUT2D eigenvalue weighted by Gasteiger charge is -2.10. The lowest BCUT2D eigenvalue weighted by molar-refractivity contribution is 0.604. The van der Waals surface area contributed by atoms with Crippen molar-refractivity contribution in [3.63, 3.8) is 0 Å². The summed E-state index contributed by atoms with van der Waals surface area (Å²) in [6.07, 6.45) is 3.61. The molecular weight excluding hydrogens is 202 g/mol. The average molecular weight is 219 g/mol. The summed E-state index contributed by atoms with van der Waals surface area (Å²) in [6, 6.07) is 0.346. The third-order valence-corrected chi connectivity index (χ3v) is 2.83. The van der Waals surface area contributed by atoms with Crippen LogP contribution in [0.4, 0.5) is 5.82 Å². The van der Waals surface area contributed by atoms with Gasteiger partial charge in [0.15, 0.2) is 0 Å². The quantitative estimate of drug-likeness (QED) is 0.837. The van der Waals surface area contributed by atoms with Crippen molar-refractivity contribution in [2.24, 2.45) is 7.05 Å². The number of aromatic nitrogens is 4. The number of nitrogens with two attached hydrogens (primary N) is 1. The van der Waals surface area contributed by atoms with E-state index in [0.29, 0.717) is 11.9 Å².